The van der Waals surface area contributed by atoms with Crippen molar-refractivity contribution in [2.45, 2.75) is 92.2 Å². The van der Waals surface area contributed by atoms with Gasteiger partial charge >= 0.3 is 6.09 Å². The number of nitrogens with two attached hydrogens (primary N) is 1. The Morgan fingerprint density at radius 1 is 1.11 bits per heavy atom. The van der Waals surface area contributed by atoms with Crippen molar-refractivity contribution in [3.8, 4) is 0 Å². The van der Waals surface area contributed by atoms with Gasteiger partial charge in [0.25, 0.3) is 0 Å². The van der Waals surface area contributed by atoms with E-state index < -0.39 is 5.60 Å². The first kappa shape index (κ1) is 29.8. The second-order valence-electron chi connectivity index (χ2n) is 10.1. The van der Waals surface area contributed by atoms with Gasteiger partial charge in [-0.05, 0) is 77.2 Å². The fourth-order valence-electron chi connectivity index (χ4n) is 4.07. The number of aryl methyl sites for hydroxylation is 2. The number of nitrogen functional groups attached to an aromatic ring is 1. The fraction of sp³-hybridized carbons (Fsp3) is 0.607. The minimum Gasteiger partial charge on any atom is -0.444 e. The van der Waals surface area contributed by atoms with Crippen LogP contribution in [0.3, 0.4) is 0 Å². The number of aromatic nitrogens is 3. The van der Waals surface area contributed by atoms with Gasteiger partial charge in [0, 0.05) is 24.9 Å². The van der Waals surface area contributed by atoms with Crippen LogP contribution in [0.1, 0.15) is 79.5 Å². The Bertz CT molecular complexity index is 1130. The van der Waals surface area contributed by atoms with Crippen LogP contribution in [0.15, 0.2) is 18.2 Å². The van der Waals surface area contributed by atoms with Crippen LogP contribution in [0.5, 0.6) is 0 Å². The molecule has 0 saturated heterocycles. The zero-order valence-corrected chi connectivity index (χ0v) is 24.5. The molecule has 1 amide bonds. The monoisotopic (exact) mass is 515 g/mol. The fourth-order valence-corrected chi connectivity index (χ4v) is 4.82. The molecule has 0 aliphatic rings. The number of benzene rings is 1. The van der Waals surface area contributed by atoms with Crippen LogP contribution in [0.4, 0.5) is 10.6 Å². The number of anilines is 1. The van der Waals surface area contributed by atoms with Crippen molar-refractivity contribution in [3.63, 3.8) is 0 Å². The van der Waals surface area contributed by atoms with Crippen molar-refractivity contribution < 1.29 is 9.53 Å². The van der Waals surface area contributed by atoms with E-state index in [-0.39, 0.29) is 14.0 Å². The molecule has 0 aliphatic carbocycles. The van der Waals surface area contributed by atoms with E-state index in [2.05, 4.69) is 48.3 Å². The highest BCUT2D eigenvalue weighted by atomic mass is 31.1. The number of hydrogen-bond acceptors (Lipinski definition) is 5. The third-order valence-electron chi connectivity index (χ3n) is 5.76. The van der Waals surface area contributed by atoms with Crippen LogP contribution >= 0.6 is 7.92 Å². The molecular weight excluding hydrogens is 469 g/mol. The molecule has 3 aromatic rings. The van der Waals surface area contributed by atoms with Gasteiger partial charge in [-0.3, -0.25) is 0 Å². The highest BCUT2D eigenvalue weighted by Gasteiger charge is 2.18. The van der Waals surface area contributed by atoms with Gasteiger partial charge in [0.05, 0.1) is 11.0 Å². The lowest BCUT2D eigenvalue weighted by atomic mass is 10.1. The average molecular weight is 516 g/mol. The number of alkyl carbamates (subject to hydrolysis) is 1. The number of rotatable bonds is 10. The molecule has 3 rings (SSSR count). The van der Waals surface area contributed by atoms with Crippen molar-refractivity contribution >= 4 is 47.1 Å². The molecule has 0 unspecified atom stereocenters. The van der Waals surface area contributed by atoms with E-state index in [1.165, 1.54) is 5.30 Å². The molecule has 0 atom stereocenters. The van der Waals surface area contributed by atoms with E-state index in [0.29, 0.717) is 12.4 Å². The standard InChI is InChI=1S/C26H40N5O2P.C2H6/c1-7-8-12-21-30-22-23(19-14-13-18(34(5)6)17-20(19)29-24(22)27)31(21)16-11-9-10-15-28-25(32)33-26(2,3)4;1-2/h13-14,17H,7-12,15-16H2,1-6H3,(H2,27,29)(H,28,32);1-2H3. The Hall–Kier alpha value is -2.40. The predicted molar refractivity (Wildman–Crippen MR) is 156 cm³/mol. The highest BCUT2D eigenvalue weighted by Crippen LogP contribution is 2.32. The highest BCUT2D eigenvalue weighted by molar-refractivity contribution is 7.64. The quantitative estimate of drug-likeness (QED) is 0.234. The van der Waals surface area contributed by atoms with Crippen molar-refractivity contribution in [2.75, 3.05) is 25.6 Å². The summed E-state index contributed by atoms with van der Waals surface area (Å²) in [5.41, 5.74) is 8.78. The third kappa shape index (κ3) is 8.06. The summed E-state index contributed by atoms with van der Waals surface area (Å²) in [6.07, 6.45) is 5.69. The van der Waals surface area contributed by atoms with E-state index in [0.717, 1.165) is 72.8 Å². The first-order valence-electron chi connectivity index (χ1n) is 13.3. The van der Waals surface area contributed by atoms with Crippen LogP contribution in [0, 0.1) is 0 Å². The Balaban J connectivity index is 0.00000222. The van der Waals surface area contributed by atoms with Crippen molar-refractivity contribution in [1.29, 1.82) is 0 Å². The summed E-state index contributed by atoms with van der Waals surface area (Å²) in [4.78, 5) is 21.5. The second kappa shape index (κ2) is 13.8. The van der Waals surface area contributed by atoms with Crippen LogP contribution in [-0.4, -0.2) is 46.1 Å². The minimum atomic E-state index is -0.474. The molecule has 1 aromatic carbocycles. The van der Waals surface area contributed by atoms with Crippen LogP contribution in [0.25, 0.3) is 21.9 Å². The number of hydrogen-bond donors (Lipinski definition) is 2. The number of imidazole rings is 1. The topological polar surface area (TPSA) is 95.1 Å². The molecule has 36 heavy (non-hydrogen) atoms. The molecule has 2 heterocycles. The Morgan fingerprint density at radius 3 is 2.47 bits per heavy atom. The van der Waals surface area contributed by atoms with E-state index in [4.69, 9.17) is 20.4 Å². The predicted octanol–water partition coefficient (Wildman–Crippen LogP) is 6.60. The van der Waals surface area contributed by atoms with Crippen molar-refractivity contribution in [3.05, 3.63) is 24.0 Å². The first-order valence-corrected chi connectivity index (χ1v) is 15.6. The van der Waals surface area contributed by atoms with Crippen molar-refractivity contribution in [1.82, 2.24) is 19.9 Å². The summed E-state index contributed by atoms with van der Waals surface area (Å²) in [6.45, 7) is 17.8. The third-order valence-corrected chi connectivity index (χ3v) is 7.07. The zero-order valence-electron chi connectivity index (χ0n) is 23.6. The Morgan fingerprint density at radius 2 is 1.83 bits per heavy atom. The van der Waals surface area contributed by atoms with Crippen LogP contribution in [-0.2, 0) is 17.7 Å². The number of unbranched alkanes of at least 4 members (excludes halogenated alkanes) is 3. The summed E-state index contributed by atoms with van der Waals surface area (Å²) in [5.74, 6) is 1.59. The largest absolute Gasteiger partial charge is 0.444 e. The van der Waals surface area contributed by atoms with Crippen LogP contribution < -0.4 is 16.4 Å². The molecule has 200 valence electrons. The molecule has 0 radical (unpaired) electrons. The Labute approximate surface area is 218 Å². The maximum atomic E-state index is 11.8. The van der Waals surface area contributed by atoms with Gasteiger partial charge < -0.3 is 20.4 Å². The SMILES string of the molecule is CC.CCCCc1nc2c(N)nc3cc(P(C)C)ccc3c2n1CCCCCNC(=O)OC(C)(C)C. The molecule has 0 aliphatic heterocycles. The smallest absolute Gasteiger partial charge is 0.407 e. The lowest BCUT2D eigenvalue weighted by molar-refractivity contribution is 0.0527. The summed E-state index contributed by atoms with van der Waals surface area (Å²) in [6, 6.07) is 6.59. The molecule has 0 bridgehead atoms. The van der Waals surface area contributed by atoms with Gasteiger partial charge in [-0.15, -0.1) is 0 Å². The summed E-state index contributed by atoms with van der Waals surface area (Å²) < 4.78 is 7.65. The summed E-state index contributed by atoms with van der Waals surface area (Å²) in [7, 11) is -0.202. The molecule has 0 fully saturated rings. The Kier molecular flexibility index (Phi) is 11.4. The van der Waals surface area contributed by atoms with Gasteiger partial charge in [-0.25, -0.2) is 14.8 Å². The molecule has 8 heteroatoms. The summed E-state index contributed by atoms with van der Waals surface area (Å²) in [5, 5.41) is 5.28. The maximum absolute atomic E-state index is 11.8. The van der Waals surface area contributed by atoms with Gasteiger partial charge in [-0.1, -0.05) is 41.2 Å². The average Bonchev–Trinajstić information content (AvgIpc) is 3.19. The number of ether oxygens (including phenoxy) is 1. The minimum absolute atomic E-state index is 0.202. The molecule has 2 aromatic heterocycles. The van der Waals surface area contributed by atoms with Crippen molar-refractivity contribution in [2.24, 2.45) is 0 Å². The van der Waals surface area contributed by atoms with Gasteiger partial charge in [0.2, 0.25) is 0 Å². The molecule has 0 spiro atoms. The molecule has 0 saturated carbocycles. The number of pyridine rings is 1. The van der Waals surface area contributed by atoms with Gasteiger partial charge in [-0.2, -0.15) is 0 Å². The number of fused-ring (bicyclic) bond motifs is 3. The number of nitrogens with one attached hydrogen (secondary N) is 1. The maximum Gasteiger partial charge on any atom is 0.407 e. The molecule has 7 nitrogen and oxygen atoms in total. The molecule has 3 N–H and O–H groups in total. The number of carbonyl (C=O) groups excluding carboxylic acids is 1. The first-order chi connectivity index (χ1) is 17.1. The zero-order chi connectivity index (χ0) is 26.9. The van der Waals surface area contributed by atoms with Gasteiger partial charge in [0.15, 0.2) is 5.82 Å². The summed E-state index contributed by atoms with van der Waals surface area (Å²) >= 11 is 0. The van der Waals surface area contributed by atoms with E-state index in [1.54, 1.807) is 0 Å². The number of carbonyl (C=O) groups is 1. The van der Waals surface area contributed by atoms with Gasteiger partial charge in [0.1, 0.15) is 16.9 Å². The van der Waals surface area contributed by atoms with E-state index >= 15 is 0 Å². The number of nitrogens with zero attached hydrogens (tertiary/aromatic N) is 3. The van der Waals surface area contributed by atoms with E-state index in [1.807, 2.05) is 34.6 Å². The normalized spacial score (nSPS) is 11.6. The lowest BCUT2D eigenvalue weighted by Gasteiger charge is -2.19. The lowest BCUT2D eigenvalue weighted by Crippen LogP contribution is -2.33. The van der Waals surface area contributed by atoms with E-state index in [9.17, 15) is 4.79 Å². The number of amides is 1. The van der Waals surface area contributed by atoms with Crippen LogP contribution in [0.2, 0.25) is 0 Å². The molecular formula is C28H46N5O2P. The second-order valence-corrected chi connectivity index (χ2v) is 12.4.